The number of hydrogen-bond acceptors (Lipinski definition) is 3. The summed E-state index contributed by atoms with van der Waals surface area (Å²) in [6.07, 6.45) is 6.65. The van der Waals surface area contributed by atoms with Crippen molar-refractivity contribution in [2.75, 3.05) is 0 Å². The minimum atomic E-state index is -0.424. The van der Waals surface area contributed by atoms with Gasteiger partial charge in [-0.25, -0.2) is 4.98 Å². The summed E-state index contributed by atoms with van der Waals surface area (Å²) in [7, 11) is 0. The van der Waals surface area contributed by atoms with Gasteiger partial charge in [0.2, 0.25) is 0 Å². The fraction of sp³-hybridized carbons (Fsp3) is 0.643. The molecular formula is C14H21NOS. The Bertz CT molecular complexity index is 367. The van der Waals surface area contributed by atoms with Crippen molar-refractivity contribution in [3.05, 3.63) is 23.9 Å². The molecule has 3 atom stereocenters. The first-order valence-corrected chi connectivity index (χ1v) is 7.34. The molecule has 1 aliphatic carbocycles. The lowest BCUT2D eigenvalue weighted by Crippen LogP contribution is -2.15. The van der Waals surface area contributed by atoms with E-state index in [4.69, 9.17) is 0 Å². The van der Waals surface area contributed by atoms with E-state index in [2.05, 4.69) is 11.9 Å². The maximum Gasteiger partial charge on any atom is 0.102 e. The standard InChI is InChI=1S/C14H21NOS/c1-10-5-3-6-12(9-10)17-14-13(11(2)16)7-4-8-15-14/h4,7-8,10-12,16H,3,5-6,9H2,1-2H3/t10?,11-,12?/m1/s1. The molecule has 2 nitrogen and oxygen atoms in total. The lowest BCUT2D eigenvalue weighted by atomic mass is 9.91. The van der Waals surface area contributed by atoms with Crippen molar-refractivity contribution in [2.24, 2.45) is 5.92 Å². The van der Waals surface area contributed by atoms with Gasteiger partial charge in [0.15, 0.2) is 0 Å². The third-order valence-corrected chi connectivity index (χ3v) is 4.74. The number of rotatable bonds is 3. The second-order valence-electron chi connectivity index (χ2n) is 5.09. The van der Waals surface area contributed by atoms with Crippen LogP contribution in [0.5, 0.6) is 0 Å². The van der Waals surface area contributed by atoms with E-state index < -0.39 is 6.10 Å². The highest BCUT2D eigenvalue weighted by Gasteiger charge is 2.21. The summed E-state index contributed by atoms with van der Waals surface area (Å²) in [6.45, 7) is 4.14. The van der Waals surface area contributed by atoms with Crippen LogP contribution < -0.4 is 0 Å². The van der Waals surface area contributed by atoms with Crippen LogP contribution in [0.3, 0.4) is 0 Å². The predicted octanol–water partition coefficient (Wildman–Crippen LogP) is 3.81. The second kappa shape index (κ2) is 5.87. The van der Waals surface area contributed by atoms with Gasteiger partial charge in [-0.15, -0.1) is 11.8 Å². The molecule has 0 spiro atoms. The van der Waals surface area contributed by atoms with Crippen molar-refractivity contribution >= 4 is 11.8 Å². The second-order valence-corrected chi connectivity index (χ2v) is 6.37. The number of nitrogens with zero attached hydrogens (tertiary/aromatic N) is 1. The van der Waals surface area contributed by atoms with Crippen LogP contribution in [-0.4, -0.2) is 15.3 Å². The van der Waals surface area contributed by atoms with E-state index in [0.29, 0.717) is 5.25 Å². The van der Waals surface area contributed by atoms with Gasteiger partial charge >= 0.3 is 0 Å². The van der Waals surface area contributed by atoms with Gasteiger partial charge in [0.25, 0.3) is 0 Å². The molecule has 17 heavy (non-hydrogen) atoms. The quantitative estimate of drug-likeness (QED) is 0.887. The van der Waals surface area contributed by atoms with Gasteiger partial charge in [-0.2, -0.15) is 0 Å². The molecule has 2 rings (SSSR count). The van der Waals surface area contributed by atoms with Crippen molar-refractivity contribution in [3.63, 3.8) is 0 Å². The van der Waals surface area contributed by atoms with E-state index in [0.717, 1.165) is 16.5 Å². The van der Waals surface area contributed by atoms with E-state index in [-0.39, 0.29) is 0 Å². The summed E-state index contributed by atoms with van der Waals surface area (Å²) >= 11 is 1.85. The number of aliphatic hydroxyl groups is 1. The number of aromatic nitrogens is 1. The highest BCUT2D eigenvalue weighted by molar-refractivity contribution is 7.99. The number of hydrogen-bond donors (Lipinski definition) is 1. The molecule has 1 heterocycles. The zero-order valence-corrected chi connectivity index (χ0v) is 11.4. The molecule has 0 radical (unpaired) electrons. The first-order valence-electron chi connectivity index (χ1n) is 6.46. The van der Waals surface area contributed by atoms with Crippen LogP contribution in [0.1, 0.15) is 51.2 Å². The molecule has 1 aliphatic rings. The van der Waals surface area contributed by atoms with Gasteiger partial charge in [0, 0.05) is 17.0 Å². The zero-order valence-electron chi connectivity index (χ0n) is 10.6. The molecule has 1 aromatic rings. The molecule has 1 fully saturated rings. The number of aliphatic hydroxyl groups excluding tert-OH is 1. The molecule has 0 aliphatic heterocycles. The van der Waals surface area contributed by atoms with Crippen LogP contribution in [0.15, 0.2) is 23.4 Å². The maximum absolute atomic E-state index is 9.73. The number of thioether (sulfide) groups is 1. The Morgan fingerprint density at radius 3 is 3.00 bits per heavy atom. The van der Waals surface area contributed by atoms with Crippen LogP contribution >= 0.6 is 11.8 Å². The van der Waals surface area contributed by atoms with Crippen LogP contribution in [0.25, 0.3) is 0 Å². The molecule has 0 aromatic carbocycles. The third-order valence-electron chi connectivity index (χ3n) is 3.42. The van der Waals surface area contributed by atoms with Crippen molar-refractivity contribution in [2.45, 2.75) is 55.9 Å². The van der Waals surface area contributed by atoms with Crippen LogP contribution in [-0.2, 0) is 0 Å². The molecule has 1 N–H and O–H groups in total. The highest BCUT2D eigenvalue weighted by Crippen LogP contribution is 2.37. The van der Waals surface area contributed by atoms with E-state index in [1.807, 2.05) is 37.0 Å². The summed E-state index contributed by atoms with van der Waals surface area (Å²) in [5, 5.41) is 11.4. The summed E-state index contributed by atoms with van der Waals surface area (Å²) in [5.74, 6) is 0.833. The van der Waals surface area contributed by atoms with Gasteiger partial charge in [-0.3, -0.25) is 0 Å². The largest absolute Gasteiger partial charge is 0.389 e. The molecule has 0 saturated heterocycles. The summed E-state index contributed by atoms with van der Waals surface area (Å²) in [5.41, 5.74) is 0.968. The molecule has 2 unspecified atom stereocenters. The zero-order chi connectivity index (χ0) is 12.3. The monoisotopic (exact) mass is 251 g/mol. The Morgan fingerprint density at radius 1 is 1.47 bits per heavy atom. The predicted molar refractivity (Wildman–Crippen MR) is 72.1 cm³/mol. The van der Waals surface area contributed by atoms with E-state index in [1.165, 1.54) is 25.7 Å². The summed E-state index contributed by atoms with van der Waals surface area (Å²) in [4.78, 5) is 4.42. The fourth-order valence-electron chi connectivity index (χ4n) is 2.46. The minimum Gasteiger partial charge on any atom is -0.389 e. The molecule has 1 aromatic heterocycles. The highest BCUT2D eigenvalue weighted by atomic mass is 32.2. The Morgan fingerprint density at radius 2 is 2.29 bits per heavy atom. The van der Waals surface area contributed by atoms with E-state index in [9.17, 15) is 5.11 Å². The molecule has 94 valence electrons. The van der Waals surface area contributed by atoms with Crippen molar-refractivity contribution < 1.29 is 5.11 Å². The van der Waals surface area contributed by atoms with Crippen molar-refractivity contribution in [3.8, 4) is 0 Å². The lowest BCUT2D eigenvalue weighted by molar-refractivity contribution is 0.195. The van der Waals surface area contributed by atoms with Crippen LogP contribution in [0.4, 0.5) is 0 Å². The third kappa shape index (κ3) is 3.46. The average molecular weight is 251 g/mol. The van der Waals surface area contributed by atoms with Gasteiger partial charge < -0.3 is 5.11 Å². The van der Waals surface area contributed by atoms with Crippen LogP contribution in [0, 0.1) is 5.92 Å². The fourth-order valence-corrected chi connectivity index (χ4v) is 3.98. The van der Waals surface area contributed by atoms with Crippen molar-refractivity contribution in [1.29, 1.82) is 0 Å². The van der Waals surface area contributed by atoms with E-state index in [1.54, 1.807) is 0 Å². The summed E-state index contributed by atoms with van der Waals surface area (Å²) in [6, 6.07) is 3.88. The van der Waals surface area contributed by atoms with Gasteiger partial charge in [-0.05, 0) is 31.7 Å². The Labute approximate surface area is 108 Å². The molecule has 3 heteroatoms. The van der Waals surface area contributed by atoms with Crippen LogP contribution in [0.2, 0.25) is 0 Å². The first kappa shape index (κ1) is 12.9. The number of pyridine rings is 1. The molecule has 0 bridgehead atoms. The Balaban J connectivity index is 2.07. The minimum absolute atomic E-state index is 0.424. The molecule has 1 saturated carbocycles. The SMILES string of the molecule is CC1CCCC(Sc2ncccc2[C@@H](C)O)C1. The maximum atomic E-state index is 9.73. The van der Waals surface area contributed by atoms with Gasteiger partial charge in [-0.1, -0.05) is 25.8 Å². The Kier molecular flexibility index (Phi) is 4.46. The Hall–Kier alpha value is -0.540. The summed E-state index contributed by atoms with van der Waals surface area (Å²) < 4.78 is 0. The van der Waals surface area contributed by atoms with Crippen molar-refractivity contribution in [1.82, 2.24) is 4.98 Å². The van der Waals surface area contributed by atoms with Gasteiger partial charge in [0.05, 0.1) is 6.10 Å². The molecule has 0 amide bonds. The average Bonchev–Trinajstić information content (AvgIpc) is 2.29. The smallest absolute Gasteiger partial charge is 0.102 e. The van der Waals surface area contributed by atoms with E-state index >= 15 is 0 Å². The normalized spacial score (nSPS) is 26.8. The van der Waals surface area contributed by atoms with Gasteiger partial charge in [0.1, 0.15) is 5.03 Å². The molecular weight excluding hydrogens is 230 g/mol. The topological polar surface area (TPSA) is 33.1 Å². The lowest BCUT2D eigenvalue weighted by Gasteiger charge is -2.26. The first-order chi connectivity index (χ1) is 8.16.